The molecule has 0 atom stereocenters. The molecule has 0 spiro atoms. The summed E-state index contributed by atoms with van der Waals surface area (Å²) in [6.07, 6.45) is 0.669. The molecule has 0 fully saturated rings. The van der Waals surface area contributed by atoms with E-state index in [1.54, 1.807) is 0 Å². The van der Waals surface area contributed by atoms with Crippen LogP contribution in [-0.4, -0.2) is 16.7 Å². The molecule has 0 radical (unpaired) electrons. The first-order valence-corrected chi connectivity index (χ1v) is 7.58. The van der Waals surface area contributed by atoms with E-state index in [4.69, 9.17) is 9.52 Å². The normalized spacial score (nSPS) is 12.0. The monoisotopic (exact) mass is 295 g/mol. The van der Waals surface area contributed by atoms with Gasteiger partial charge in [0.25, 0.3) is 0 Å². The van der Waals surface area contributed by atoms with Crippen molar-refractivity contribution in [3.63, 3.8) is 0 Å². The average Bonchev–Trinajstić information content (AvgIpc) is 2.90. The van der Waals surface area contributed by atoms with Crippen LogP contribution in [0.4, 0.5) is 0 Å². The van der Waals surface area contributed by atoms with E-state index < -0.39 is 0 Å². The van der Waals surface area contributed by atoms with Gasteiger partial charge in [-0.3, -0.25) is 0 Å². The predicted octanol–water partition coefficient (Wildman–Crippen LogP) is 4.33. The molecule has 1 heterocycles. The Morgan fingerprint density at radius 3 is 2.41 bits per heavy atom. The summed E-state index contributed by atoms with van der Waals surface area (Å²) >= 11 is 0. The summed E-state index contributed by atoms with van der Waals surface area (Å²) < 4.78 is 5.86. The summed E-state index contributed by atoms with van der Waals surface area (Å²) in [6.45, 7) is 6.73. The summed E-state index contributed by atoms with van der Waals surface area (Å²) in [7, 11) is 0. The molecule has 3 aromatic rings. The van der Waals surface area contributed by atoms with Crippen LogP contribution in [0, 0.1) is 0 Å². The van der Waals surface area contributed by atoms with Gasteiger partial charge in [0.05, 0.1) is 0 Å². The first kappa shape index (κ1) is 14.8. The SMILES string of the molecule is CC(C)(C)c1ccc2oc(-c3ccc(CCO)cc3)nc2c1. The molecule has 0 saturated heterocycles. The van der Waals surface area contributed by atoms with Gasteiger partial charge in [-0.05, 0) is 47.2 Å². The minimum atomic E-state index is 0.0965. The van der Waals surface area contributed by atoms with Gasteiger partial charge >= 0.3 is 0 Å². The largest absolute Gasteiger partial charge is 0.436 e. The maximum absolute atomic E-state index is 8.96. The lowest BCUT2D eigenvalue weighted by atomic mass is 9.87. The van der Waals surface area contributed by atoms with Crippen LogP contribution in [0.2, 0.25) is 0 Å². The fraction of sp³-hybridized carbons (Fsp3) is 0.316. The van der Waals surface area contributed by atoms with Crippen molar-refractivity contribution in [1.82, 2.24) is 4.98 Å². The van der Waals surface area contributed by atoms with Gasteiger partial charge in [-0.25, -0.2) is 4.98 Å². The highest BCUT2D eigenvalue weighted by Crippen LogP contribution is 2.29. The summed E-state index contributed by atoms with van der Waals surface area (Å²) in [6, 6.07) is 14.2. The molecule has 2 aromatic carbocycles. The van der Waals surface area contributed by atoms with Crippen molar-refractivity contribution in [2.75, 3.05) is 6.61 Å². The molecule has 0 saturated carbocycles. The number of rotatable bonds is 3. The zero-order valence-corrected chi connectivity index (χ0v) is 13.3. The van der Waals surface area contributed by atoms with Gasteiger partial charge in [-0.1, -0.05) is 39.0 Å². The van der Waals surface area contributed by atoms with Crippen molar-refractivity contribution < 1.29 is 9.52 Å². The highest BCUT2D eigenvalue weighted by atomic mass is 16.3. The van der Waals surface area contributed by atoms with E-state index in [9.17, 15) is 0 Å². The molecule has 0 aliphatic heterocycles. The minimum absolute atomic E-state index is 0.0965. The van der Waals surface area contributed by atoms with E-state index in [-0.39, 0.29) is 12.0 Å². The zero-order valence-electron chi connectivity index (χ0n) is 13.3. The summed E-state index contributed by atoms with van der Waals surface area (Å²) in [4.78, 5) is 4.62. The first-order chi connectivity index (χ1) is 10.5. The second-order valence-electron chi connectivity index (χ2n) is 6.62. The van der Waals surface area contributed by atoms with Crippen LogP contribution in [0.1, 0.15) is 31.9 Å². The Morgan fingerprint density at radius 2 is 1.77 bits per heavy atom. The number of benzene rings is 2. The highest BCUT2D eigenvalue weighted by molar-refractivity contribution is 5.77. The van der Waals surface area contributed by atoms with Crippen molar-refractivity contribution in [2.45, 2.75) is 32.6 Å². The van der Waals surface area contributed by atoms with E-state index >= 15 is 0 Å². The van der Waals surface area contributed by atoms with Crippen molar-refractivity contribution >= 4 is 11.1 Å². The number of nitrogens with zero attached hydrogens (tertiary/aromatic N) is 1. The highest BCUT2D eigenvalue weighted by Gasteiger charge is 2.16. The summed E-state index contributed by atoms with van der Waals surface area (Å²) in [5.41, 5.74) is 5.11. The number of aromatic nitrogens is 1. The lowest BCUT2D eigenvalue weighted by Crippen LogP contribution is -2.10. The quantitative estimate of drug-likeness (QED) is 0.782. The Morgan fingerprint density at radius 1 is 1.05 bits per heavy atom. The molecule has 0 unspecified atom stereocenters. The Balaban J connectivity index is 1.97. The fourth-order valence-electron chi connectivity index (χ4n) is 2.46. The predicted molar refractivity (Wildman–Crippen MR) is 88.9 cm³/mol. The van der Waals surface area contributed by atoms with E-state index in [1.165, 1.54) is 5.56 Å². The van der Waals surface area contributed by atoms with E-state index in [1.807, 2.05) is 30.3 Å². The molecule has 22 heavy (non-hydrogen) atoms. The standard InChI is InChI=1S/C19H21NO2/c1-19(2,3)15-8-9-17-16(12-15)20-18(22-17)14-6-4-13(5-7-14)10-11-21/h4-9,12,21H,10-11H2,1-3H3. The van der Waals surface area contributed by atoms with Crippen LogP contribution in [0.15, 0.2) is 46.9 Å². The lowest BCUT2D eigenvalue weighted by molar-refractivity contribution is 0.299. The molecule has 1 aromatic heterocycles. The van der Waals surface area contributed by atoms with E-state index in [0.717, 1.165) is 22.2 Å². The molecule has 0 bridgehead atoms. The first-order valence-electron chi connectivity index (χ1n) is 7.58. The third kappa shape index (κ3) is 2.90. The number of oxazole rings is 1. The Kier molecular flexibility index (Phi) is 3.75. The van der Waals surface area contributed by atoms with Gasteiger partial charge < -0.3 is 9.52 Å². The Bertz CT molecular complexity index is 779. The average molecular weight is 295 g/mol. The molecular formula is C19H21NO2. The van der Waals surface area contributed by atoms with Crippen LogP contribution in [0.25, 0.3) is 22.6 Å². The molecule has 3 nitrogen and oxygen atoms in total. The molecular weight excluding hydrogens is 274 g/mol. The number of aliphatic hydroxyl groups excluding tert-OH is 1. The second-order valence-corrected chi connectivity index (χ2v) is 6.62. The third-order valence-corrected chi connectivity index (χ3v) is 3.85. The number of fused-ring (bicyclic) bond motifs is 1. The summed E-state index contributed by atoms with van der Waals surface area (Å²) in [5.74, 6) is 0.636. The number of aliphatic hydroxyl groups is 1. The van der Waals surface area contributed by atoms with Crippen LogP contribution >= 0.6 is 0 Å². The van der Waals surface area contributed by atoms with Crippen molar-refractivity contribution in [3.8, 4) is 11.5 Å². The zero-order chi connectivity index (χ0) is 15.7. The van der Waals surface area contributed by atoms with Gasteiger partial charge in [0.2, 0.25) is 5.89 Å². The molecule has 114 valence electrons. The van der Waals surface area contributed by atoms with Crippen LogP contribution in [-0.2, 0) is 11.8 Å². The minimum Gasteiger partial charge on any atom is -0.436 e. The van der Waals surface area contributed by atoms with Crippen LogP contribution in [0.5, 0.6) is 0 Å². The molecule has 0 aliphatic carbocycles. The van der Waals surface area contributed by atoms with Gasteiger partial charge in [0, 0.05) is 12.2 Å². The van der Waals surface area contributed by atoms with Gasteiger partial charge in [-0.2, -0.15) is 0 Å². The summed E-state index contributed by atoms with van der Waals surface area (Å²) in [5, 5.41) is 8.96. The molecule has 1 N–H and O–H groups in total. The molecule has 0 aliphatic rings. The Hall–Kier alpha value is -2.13. The van der Waals surface area contributed by atoms with Gasteiger partial charge in [0.1, 0.15) is 5.52 Å². The van der Waals surface area contributed by atoms with Crippen LogP contribution in [0.3, 0.4) is 0 Å². The number of hydrogen-bond donors (Lipinski definition) is 1. The molecule has 3 heteroatoms. The van der Waals surface area contributed by atoms with Crippen LogP contribution < -0.4 is 0 Å². The van der Waals surface area contributed by atoms with Gasteiger partial charge in [0.15, 0.2) is 5.58 Å². The third-order valence-electron chi connectivity index (χ3n) is 3.85. The maximum Gasteiger partial charge on any atom is 0.227 e. The van der Waals surface area contributed by atoms with E-state index in [0.29, 0.717) is 12.3 Å². The Labute approximate surface area is 130 Å². The van der Waals surface area contributed by atoms with Crippen molar-refractivity contribution in [3.05, 3.63) is 53.6 Å². The lowest BCUT2D eigenvalue weighted by Gasteiger charge is -2.18. The fourth-order valence-corrected chi connectivity index (χ4v) is 2.46. The number of hydrogen-bond acceptors (Lipinski definition) is 3. The molecule has 0 amide bonds. The smallest absolute Gasteiger partial charge is 0.227 e. The van der Waals surface area contributed by atoms with Crippen molar-refractivity contribution in [2.24, 2.45) is 0 Å². The topological polar surface area (TPSA) is 46.3 Å². The second kappa shape index (κ2) is 5.58. The molecule has 3 rings (SSSR count). The van der Waals surface area contributed by atoms with E-state index in [2.05, 4.69) is 37.9 Å². The maximum atomic E-state index is 8.96. The van der Waals surface area contributed by atoms with Crippen molar-refractivity contribution in [1.29, 1.82) is 0 Å². The van der Waals surface area contributed by atoms with Gasteiger partial charge in [-0.15, -0.1) is 0 Å².